The Morgan fingerprint density at radius 2 is 0.628 bits per heavy atom. The molecule has 0 unspecified atom stereocenters. The molecule has 0 bridgehead atoms. The molecule has 12 aromatic rings. The minimum atomic E-state index is -0.0621. The molecule has 0 aliphatic carbocycles. The van der Waals surface area contributed by atoms with E-state index in [0.717, 1.165) is 121 Å². The Balaban J connectivity index is 0.000000155. The zero-order valence-electron chi connectivity index (χ0n) is 63.0. The van der Waals surface area contributed by atoms with Gasteiger partial charge in [-0.05, 0) is 170 Å². The van der Waals surface area contributed by atoms with Crippen LogP contribution in [0.15, 0.2) is 291 Å². The van der Waals surface area contributed by atoms with E-state index in [0.29, 0.717) is 40.4 Å². The minimum Gasteiger partial charge on any atom is -0.497 e. The van der Waals surface area contributed by atoms with E-state index >= 15 is 0 Å². The molecule has 0 atom stereocenters. The van der Waals surface area contributed by atoms with Gasteiger partial charge < -0.3 is 72.6 Å². The standard InChI is InChI=1S/C16H16N2O2.C16H17NO2.2C16H17NO.C15H15NO2.C14H13NO.4CH4/c1-12(19)17-14-6-8-15(9-7-14)18-10-13-4-2-3-5-16(13)20-11-18;1-12-3-8-16-13(9-12)10-17(11-19-16)14-4-6-15(18-2)7-5-14;1-2-13-7-3-5-9-15(13)17-11-14-8-4-6-10-16(14)18-12-17;1-2-13-7-9-15(10-8-13)17-11-14-5-3-4-6-16(14)18-12-17;1-17-14-8-6-13(7-9-14)16-10-12-4-2-3-5-15(12)18-11-16;1-2-7-13(8-3-1)15-10-12-6-4-5-9-14(12)16-11-15;;;;/h2-9H,10-11H2,1H3,(H,17,19);3-9H,10-11H2,1-2H3;2*3-10H,2,11-12H2,1H3;2-9H,10-11H2,1H3;1-9H,10-11H2;4*1H4. The predicted octanol–water partition coefficient (Wildman–Crippen LogP) is 22.2. The quantitative estimate of drug-likeness (QED) is 0.132. The molecule has 12 aromatic carbocycles. The molecule has 16 heteroatoms. The van der Waals surface area contributed by atoms with Crippen molar-refractivity contribution in [1.82, 2.24) is 0 Å². The second kappa shape index (κ2) is 41.9. The summed E-state index contributed by atoms with van der Waals surface area (Å²) in [5.41, 5.74) is 19.3. The second-order valence-corrected chi connectivity index (χ2v) is 26.9. The molecule has 1 N–H and O–H groups in total. The first-order valence-corrected chi connectivity index (χ1v) is 37.2. The molecular weight excluding hydrogens is 1410 g/mol. The average Bonchev–Trinajstić information content (AvgIpc) is 0.828. The molecular formula is C97H111N7O9. The van der Waals surface area contributed by atoms with Crippen molar-refractivity contribution in [3.8, 4) is 46.0 Å². The van der Waals surface area contributed by atoms with Crippen LogP contribution in [0, 0.1) is 6.92 Å². The van der Waals surface area contributed by atoms with Gasteiger partial charge in [-0.2, -0.15) is 0 Å². The summed E-state index contributed by atoms with van der Waals surface area (Å²) < 4.78 is 44.9. The molecule has 0 spiro atoms. The van der Waals surface area contributed by atoms with E-state index < -0.39 is 0 Å². The number of nitrogens with one attached hydrogen (secondary N) is 1. The van der Waals surface area contributed by atoms with E-state index in [1.54, 1.807) is 14.2 Å². The summed E-state index contributed by atoms with van der Waals surface area (Å²) in [5, 5.41) is 2.76. The molecule has 6 heterocycles. The number of ether oxygens (including phenoxy) is 8. The van der Waals surface area contributed by atoms with Crippen molar-refractivity contribution in [3.05, 3.63) is 341 Å². The Morgan fingerprint density at radius 1 is 0.327 bits per heavy atom. The van der Waals surface area contributed by atoms with E-state index in [4.69, 9.17) is 37.9 Å². The van der Waals surface area contributed by atoms with Crippen molar-refractivity contribution in [2.45, 2.75) is 110 Å². The van der Waals surface area contributed by atoms with Gasteiger partial charge in [0.1, 0.15) is 46.0 Å². The molecule has 0 saturated carbocycles. The van der Waals surface area contributed by atoms with Crippen molar-refractivity contribution >= 4 is 45.7 Å². The predicted molar refractivity (Wildman–Crippen MR) is 465 cm³/mol. The summed E-state index contributed by atoms with van der Waals surface area (Å²) >= 11 is 0. The van der Waals surface area contributed by atoms with Crippen molar-refractivity contribution in [2.75, 3.05) is 89.3 Å². The maximum Gasteiger partial charge on any atom is 0.221 e. The molecule has 6 aliphatic rings. The second-order valence-electron chi connectivity index (χ2n) is 26.9. The lowest BCUT2D eigenvalue weighted by molar-refractivity contribution is -0.114. The number of aryl methyl sites for hydroxylation is 3. The number of anilines is 7. The van der Waals surface area contributed by atoms with Gasteiger partial charge in [-0.25, -0.2) is 0 Å². The van der Waals surface area contributed by atoms with Crippen molar-refractivity contribution in [2.24, 2.45) is 0 Å². The summed E-state index contributed by atoms with van der Waals surface area (Å²) in [7, 11) is 3.35. The molecule has 6 aliphatic heterocycles. The molecule has 16 nitrogen and oxygen atoms in total. The number of benzene rings is 12. The number of methoxy groups -OCH3 is 2. The molecule has 113 heavy (non-hydrogen) atoms. The number of rotatable bonds is 11. The van der Waals surface area contributed by atoms with Crippen LogP contribution in [-0.4, -0.2) is 60.5 Å². The first-order chi connectivity index (χ1) is 53.5. The van der Waals surface area contributed by atoms with Crippen LogP contribution in [0.2, 0.25) is 0 Å². The summed E-state index contributed by atoms with van der Waals surface area (Å²) in [5.74, 6) is 7.66. The third-order valence-corrected chi connectivity index (χ3v) is 19.5. The van der Waals surface area contributed by atoms with Gasteiger partial charge >= 0.3 is 0 Å². The number of fused-ring (bicyclic) bond motifs is 6. The maximum absolute atomic E-state index is 11.0. The van der Waals surface area contributed by atoms with Gasteiger partial charge in [0.15, 0.2) is 40.4 Å². The van der Waals surface area contributed by atoms with Gasteiger partial charge in [0.25, 0.3) is 0 Å². The summed E-state index contributed by atoms with van der Waals surface area (Å²) in [6.45, 7) is 16.9. The van der Waals surface area contributed by atoms with Crippen LogP contribution < -0.4 is 72.6 Å². The largest absolute Gasteiger partial charge is 0.497 e. The topological polar surface area (TPSA) is 122 Å². The van der Waals surface area contributed by atoms with Crippen LogP contribution in [0.3, 0.4) is 0 Å². The van der Waals surface area contributed by atoms with Crippen LogP contribution in [0.1, 0.15) is 101 Å². The molecule has 1 amide bonds. The highest BCUT2D eigenvalue weighted by Crippen LogP contribution is 2.36. The van der Waals surface area contributed by atoms with Crippen LogP contribution in [0.5, 0.6) is 46.0 Å². The first-order valence-electron chi connectivity index (χ1n) is 37.2. The number of para-hydroxylation sites is 7. The summed E-state index contributed by atoms with van der Waals surface area (Å²) in [6, 6.07) is 98.8. The van der Waals surface area contributed by atoms with Gasteiger partial charge in [0.05, 0.1) is 14.2 Å². The molecule has 0 saturated heterocycles. The SMILES string of the molecule is C.C.C.C.CC(=O)Nc1ccc(N2COc3ccccc3C2)cc1.CCc1ccc(N2COc3ccccc3C2)cc1.CCc1ccccc1N1COc2ccccc2C1.COc1ccc(N2COc3ccc(C)cc3C2)cc1.COc1ccc(N2COc3ccccc3C2)cc1.c1ccc(N2COc3ccccc3C2)cc1. The summed E-state index contributed by atoms with van der Waals surface area (Å²) in [6.07, 6.45) is 2.13. The van der Waals surface area contributed by atoms with Crippen LogP contribution in [0.4, 0.5) is 39.8 Å². The van der Waals surface area contributed by atoms with Gasteiger partial charge in [-0.15, -0.1) is 0 Å². The van der Waals surface area contributed by atoms with E-state index in [9.17, 15) is 4.79 Å². The minimum absolute atomic E-state index is 0. The van der Waals surface area contributed by atoms with Crippen molar-refractivity contribution < 1.29 is 42.7 Å². The monoisotopic (exact) mass is 1520 g/mol. The highest BCUT2D eigenvalue weighted by molar-refractivity contribution is 5.88. The average molecular weight is 1520 g/mol. The Labute approximate surface area is 670 Å². The summed E-state index contributed by atoms with van der Waals surface area (Å²) in [4.78, 5) is 24.3. The lowest BCUT2D eigenvalue weighted by atomic mass is 10.1. The van der Waals surface area contributed by atoms with E-state index in [1.165, 1.54) is 74.1 Å². The fourth-order valence-electron chi connectivity index (χ4n) is 13.5. The zero-order chi connectivity index (χ0) is 75.1. The molecule has 0 fully saturated rings. The van der Waals surface area contributed by atoms with Crippen LogP contribution >= 0.6 is 0 Å². The Kier molecular flexibility index (Phi) is 31.3. The first kappa shape index (κ1) is 84.3. The van der Waals surface area contributed by atoms with E-state index in [2.05, 4.69) is 219 Å². The number of carbonyl (C=O) groups is 1. The van der Waals surface area contributed by atoms with Gasteiger partial charge in [0.2, 0.25) is 5.91 Å². The maximum atomic E-state index is 11.0. The zero-order valence-corrected chi connectivity index (χ0v) is 63.0. The lowest BCUT2D eigenvalue weighted by Crippen LogP contribution is -2.32. The Morgan fingerprint density at radius 3 is 0.991 bits per heavy atom. The fraction of sp³-hybridized carbons (Fsp3) is 0.247. The van der Waals surface area contributed by atoms with Gasteiger partial charge in [-0.3, -0.25) is 4.79 Å². The molecule has 0 aromatic heterocycles. The third kappa shape index (κ3) is 22.5. The van der Waals surface area contributed by atoms with Gasteiger partial charge in [0, 0.05) is 119 Å². The molecule has 588 valence electrons. The normalized spacial score (nSPS) is 13.3. The van der Waals surface area contributed by atoms with Gasteiger partial charge in [-0.1, -0.05) is 201 Å². The molecule has 0 radical (unpaired) electrons. The fourth-order valence-corrected chi connectivity index (χ4v) is 13.5. The number of nitrogens with zero attached hydrogens (tertiary/aromatic N) is 6. The third-order valence-electron chi connectivity index (χ3n) is 19.5. The Bertz CT molecular complexity index is 4790. The van der Waals surface area contributed by atoms with E-state index in [-0.39, 0.29) is 35.6 Å². The van der Waals surface area contributed by atoms with Crippen LogP contribution in [-0.2, 0) is 56.9 Å². The smallest absolute Gasteiger partial charge is 0.221 e. The lowest BCUT2D eigenvalue weighted by Gasteiger charge is -2.32. The van der Waals surface area contributed by atoms with Crippen LogP contribution in [0.25, 0.3) is 0 Å². The number of carbonyl (C=O) groups excluding carboxylic acids is 1. The highest BCUT2D eigenvalue weighted by Gasteiger charge is 2.24. The highest BCUT2D eigenvalue weighted by atomic mass is 16.5. The van der Waals surface area contributed by atoms with Crippen molar-refractivity contribution in [3.63, 3.8) is 0 Å². The number of amides is 1. The van der Waals surface area contributed by atoms with Crippen molar-refractivity contribution in [1.29, 1.82) is 0 Å². The Hall–Kier alpha value is -12.7. The molecule has 18 rings (SSSR count). The van der Waals surface area contributed by atoms with E-state index in [1.807, 2.05) is 127 Å². The number of hydrogen-bond acceptors (Lipinski definition) is 15. The number of hydrogen-bond donors (Lipinski definition) is 1.